The second-order valence-corrected chi connectivity index (χ2v) is 5.63. The van der Waals surface area contributed by atoms with Crippen molar-refractivity contribution in [2.45, 2.75) is 25.7 Å². The topological polar surface area (TPSA) is 26.3 Å². The van der Waals surface area contributed by atoms with Crippen molar-refractivity contribution in [3.63, 3.8) is 0 Å². The van der Waals surface area contributed by atoms with E-state index in [-0.39, 0.29) is 0 Å². The molecule has 1 aliphatic carbocycles. The fourth-order valence-corrected chi connectivity index (χ4v) is 2.93. The van der Waals surface area contributed by atoms with E-state index in [0.717, 1.165) is 36.5 Å². The molecular formula is C16H20O2S. The predicted molar refractivity (Wildman–Crippen MR) is 80.5 cm³/mol. The first kappa shape index (κ1) is 14.2. The van der Waals surface area contributed by atoms with E-state index in [2.05, 4.69) is 6.08 Å². The highest BCUT2D eigenvalue weighted by atomic mass is 32.2. The molecule has 2 rings (SSSR count). The number of hydrogen-bond acceptors (Lipinski definition) is 3. The Morgan fingerprint density at radius 1 is 1.26 bits per heavy atom. The minimum atomic E-state index is 0.318. The number of thioether (sulfide) groups is 1. The van der Waals surface area contributed by atoms with E-state index in [1.165, 1.54) is 0 Å². The first-order valence-corrected chi connectivity index (χ1v) is 7.99. The highest BCUT2D eigenvalue weighted by Crippen LogP contribution is 2.30. The van der Waals surface area contributed by atoms with E-state index >= 15 is 0 Å². The molecule has 0 radical (unpaired) electrons. The lowest BCUT2D eigenvalue weighted by atomic mass is 10.0. The average molecular weight is 276 g/mol. The number of hydrogen-bond donors (Lipinski definition) is 0. The van der Waals surface area contributed by atoms with Crippen LogP contribution in [-0.4, -0.2) is 18.6 Å². The van der Waals surface area contributed by atoms with Gasteiger partial charge >= 0.3 is 0 Å². The van der Waals surface area contributed by atoms with Crippen LogP contribution < -0.4 is 4.74 Å². The summed E-state index contributed by atoms with van der Waals surface area (Å²) in [5.41, 5.74) is 0. The molecule has 0 amide bonds. The maximum Gasteiger partial charge on any atom is 0.169 e. The number of para-hydroxylation sites is 1. The van der Waals surface area contributed by atoms with Crippen molar-refractivity contribution in [1.82, 2.24) is 0 Å². The Bertz CT molecular complexity index is 439. The van der Waals surface area contributed by atoms with Crippen LogP contribution in [0.3, 0.4) is 0 Å². The molecule has 2 nitrogen and oxygen atoms in total. The van der Waals surface area contributed by atoms with E-state index in [4.69, 9.17) is 4.74 Å². The predicted octanol–water partition coefficient (Wildman–Crippen LogP) is 4.07. The smallest absolute Gasteiger partial charge is 0.169 e. The van der Waals surface area contributed by atoms with Gasteiger partial charge in [-0.05, 0) is 43.6 Å². The lowest BCUT2D eigenvalue weighted by Gasteiger charge is -2.07. The highest BCUT2D eigenvalue weighted by Gasteiger charge is 2.22. The Labute approximate surface area is 119 Å². The molecule has 1 aromatic carbocycles. The van der Waals surface area contributed by atoms with Crippen molar-refractivity contribution in [1.29, 1.82) is 0 Å². The molecule has 1 unspecified atom stereocenters. The van der Waals surface area contributed by atoms with Crippen molar-refractivity contribution in [3.05, 3.63) is 41.3 Å². The fraction of sp³-hybridized carbons (Fsp3) is 0.438. The molecule has 102 valence electrons. The summed E-state index contributed by atoms with van der Waals surface area (Å²) in [5.74, 6) is 1.70. The lowest BCUT2D eigenvalue weighted by Crippen LogP contribution is -2.00. The van der Waals surface area contributed by atoms with E-state index in [1.807, 2.05) is 36.6 Å². The molecule has 3 heteroatoms. The van der Waals surface area contributed by atoms with Gasteiger partial charge in [-0.3, -0.25) is 4.79 Å². The van der Waals surface area contributed by atoms with E-state index < -0.39 is 0 Å². The molecule has 0 heterocycles. The summed E-state index contributed by atoms with van der Waals surface area (Å²) in [7, 11) is 0. The largest absolute Gasteiger partial charge is 0.494 e. The van der Waals surface area contributed by atoms with Crippen LogP contribution >= 0.6 is 11.8 Å². The van der Waals surface area contributed by atoms with Crippen molar-refractivity contribution in [3.8, 4) is 5.75 Å². The summed E-state index contributed by atoms with van der Waals surface area (Å²) in [4.78, 5) is 12.5. The summed E-state index contributed by atoms with van der Waals surface area (Å²) in [6, 6.07) is 9.90. The van der Waals surface area contributed by atoms with Gasteiger partial charge in [0.05, 0.1) is 6.61 Å². The molecule has 1 aliphatic rings. The molecular weight excluding hydrogens is 256 g/mol. The molecule has 0 spiro atoms. The van der Waals surface area contributed by atoms with Crippen LogP contribution in [-0.2, 0) is 4.79 Å². The van der Waals surface area contributed by atoms with Crippen LogP contribution in [0.5, 0.6) is 5.75 Å². The first-order valence-electron chi connectivity index (χ1n) is 6.76. The van der Waals surface area contributed by atoms with Gasteiger partial charge < -0.3 is 4.74 Å². The monoisotopic (exact) mass is 276 g/mol. The molecule has 0 saturated carbocycles. The van der Waals surface area contributed by atoms with Crippen molar-refractivity contribution < 1.29 is 9.53 Å². The number of ketones is 1. The third-order valence-electron chi connectivity index (χ3n) is 3.31. The zero-order valence-electron chi connectivity index (χ0n) is 11.3. The van der Waals surface area contributed by atoms with Gasteiger partial charge in [-0.1, -0.05) is 24.3 Å². The number of ether oxygens (including phenoxy) is 1. The zero-order chi connectivity index (χ0) is 13.5. The standard InChI is InChI=1S/C16H20O2S/c1-19-16-12-13(11-15(16)17)7-5-6-10-18-14-8-3-2-4-9-14/h2-4,8-9,12-13H,5-7,10-11H2,1H3. The molecule has 0 bridgehead atoms. The van der Waals surface area contributed by atoms with Gasteiger partial charge in [0, 0.05) is 11.3 Å². The van der Waals surface area contributed by atoms with Gasteiger partial charge in [0.1, 0.15) is 5.75 Å². The Balaban J connectivity index is 1.60. The number of benzene rings is 1. The van der Waals surface area contributed by atoms with Crippen molar-refractivity contribution >= 4 is 17.5 Å². The molecule has 1 atom stereocenters. The quantitative estimate of drug-likeness (QED) is 0.702. The van der Waals surface area contributed by atoms with Crippen LogP contribution in [0.25, 0.3) is 0 Å². The number of carbonyl (C=O) groups is 1. The summed E-state index contributed by atoms with van der Waals surface area (Å²) < 4.78 is 5.65. The van der Waals surface area contributed by atoms with Crippen LogP contribution in [0, 0.1) is 5.92 Å². The van der Waals surface area contributed by atoms with Crippen LogP contribution in [0.2, 0.25) is 0 Å². The van der Waals surface area contributed by atoms with Crippen LogP contribution in [0.4, 0.5) is 0 Å². The number of carbonyl (C=O) groups excluding carboxylic acids is 1. The zero-order valence-corrected chi connectivity index (χ0v) is 12.1. The van der Waals surface area contributed by atoms with Gasteiger partial charge in [0.2, 0.25) is 0 Å². The minimum Gasteiger partial charge on any atom is -0.494 e. The molecule has 0 saturated heterocycles. The number of unbranched alkanes of at least 4 members (excludes halogenated alkanes) is 1. The molecule has 0 aliphatic heterocycles. The fourth-order valence-electron chi connectivity index (χ4n) is 2.29. The second-order valence-electron chi connectivity index (χ2n) is 4.78. The highest BCUT2D eigenvalue weighted by molar-refractivity contribution is 8.03. The van der Waals surface area contributed by atoms with Gasteiger partial charge in [-0.25, -0.2) is 0 Å². The Hall–Kier alpha value is -1.22. The summed E-state index contributed by atoms with van der Waals surface area (Å²) in [6.07, 6.45) is 8.07. The SMILES string of the molecule is CSC1=CC(CCCCOc2ccccc2)CC1=O. The average Bonchev–Trinajstić information content (AvgIpc) is 2.80. The lowest BCUT2D eigenvalue weighted by molar-refractivity contribution is -0.114. The van der Waals surface area contributed by atoms with Crippen molar-refractivity contribution in [2.75, 3.05) is 12.9 Å². The third kappa shape index (κ3) is 4.43. The number of rotatable bonds is 7. The Morgan fingerprint density at radius 2 is 2.05 bits per heavy atom. The first-order chi connectivity index (χ1) is 9.29. The number of Topliss-reactive ketones (excluding diaryl/α,β-unsaturated/α-hetero) is 1. The molecule has 19 heavy (non-hydrogen) atoms. The van der Waals surface area contributed by atoms with E-state index in [1.54, 1.807) is 11.8 Å². The van der Waals surface area contributed by atoms with Gasteiger partial charge in [0.15, 0.2) is 5.78 Å². The van der Waals surface area contributed by atoms with Crippen molar-refractivity contribution in [2.24, 2.45) is 5.92 Å². The Kier molecular flexibility index (Phi) is 5.52. The maximum atomic E-state index is 11.6. The molecule has 0 aromatic heterocycles. The maximum absolute atomic E-state index is 11.6. The summed E-state index contributed by atoms with van der Waals surface area (Å²) in [6.45, 7) is 0.754. The minimum absolute atomic E-state index is 0.318. The van der Waals surface area contributed by atoms with Gasteiger partial charge in [-0.15, -0.1) is 11.8 Å². The molecule has 1 aromatic rings. The van der Waals surface area contributed by atoms with Gasteiger partial charge in [-0.2, -0.15) is 0 Å². The normalized spacial score (nSPS) is 18.5. The third-order valence-corrected chi connectivity index (χ3v) is 4.11. The van der Waals surface area contributed by atoms with Crippen LogP contribution in [0.1, 0.15) is 25.7 Å². The number of allylic oxidation sites excluding steroid dienone is 2. The summed E-state index contributed by atoms with van der Waals surface area (Å²) >= 11 is 1.57. The molecule has 0 fully saturated rings. The van der Waals surface area contributed by atoms with Gasteiger partial charge in [0.25, 0.3) is 0 Å². The molecule has 0 N–H and O–H groups in total. The van der Waals surface area contributed by atoms with E-state index in [0.29, 0.717) is 18.1 Å². The second kappa shape index (κ2) is 7.39. The Morgan fingerprint density at radius 3 is 2.74 bits per heavy atom. The van der Waals surface area contributed by atoms with E-state index in [9.17, 15) is 4.79 Å². The summed E-state index contributed by atoms with van der Waals surface area (Å²) in [5, 5.41) is 0. The van der Waals surface area contributed by atoms with Crippen LogP contribution in [0.15, 0.2) is 41.3 Å².